The SMILES string of the molecule is CN(CCO)c1cc(CO)c(Cl)cn1. The Morgan fingerprint density at radius 2 is 2.21 bits per heavy atom. The average molecular weight is 217 g/mol. The topological polar surface area (TPSA) is 56.6 Å². The third-order valence-corrected chi connectivity index (χ3v) is 2.26. The number of nitrogens with zero attached hydrogens (tertiary/aromatic N) is 2. The van der Waals surface area contributed by atoms with Crippen molar-refractivity contribution in [3.8, 4) is 0 Å². The van der Waals surface area contributed by atoms with Crippen molar-refractivity contribution in [3.05, 3.63) is 22.8 Å². The van der Waals surface area contributed by atoms with Crippen LogP contribution in [0.5, 0.6) is 0 Å². The van der Waals surface area contributed by atoms with E-state index in [2.05, 4.69) is 4.98 Å². The lowest BCUT2D eigenvalue weighted by Gasteiger charge is -2.17. The summed E-state index contributed by atoms with van der Waals surface area (Å²) in [4.78, 5) is 5.86. The Labute approximate surface area is 87.8 Å². The molecule has 4 nitrogen and oxygen atoms in total. The molecule has 0 aromatic carbocycles. The molecule has 0 aliphatic rings. The number of aliphatic hydroxyl groups excluding tert-OH is 2. The summed E-state index contributed by atoms with van der Waals surface area (Å²) in [6.45, 7) is 0.454. The van der Waals surface area contributed by atoms with Gasteiger partial charge in [0.15, 0.2) is 0 Å². The third-order valence-electron chi connectivity index (χ3n) is 1.92. The molecule has 2 N–H and O–H groups in total. The van der Waals surface area contributed by atoms with Crippen molar-refractivity contribution in [1.29, 1.82) is 0 Å². The van der Waals surface area contributed by atoms with Gasteiger partial charge in [-0.05, 0) is 6.07 Å². The minimum atomic E-state index is -0.110. The van der Waals surface area contributed by atoms with Gasteiger partial charge in [-0.1, -0.05) is 11.6 Å². The monoisotopic (exact) mass is 216 g/mol. The fourth-order valence-corrected chi connectivity index (χ4v) is 1.23. The molecule has 0 atom stereocenters. The lowest BCUT2D eigenvalue weighted by atomic mass is 10.2. The molecule has 1 aromatic rings. The molecule has 0 aliphatic heterocycles. The van der Waals surface area contributed by atoms with E-state index in [0.717, 1.165) is 0 Å². The lowest BCUT2D eigenvalue weighted by molar-refractivity contribution is 0.282. The van der Waals surface area contributed by atoms with Gasteiger partial charge in [0, 0.05) is 25.4 Å². The van der Waals surface area contributed by atoms with Crippen molar-refractivity contribution in [1.82, 2.24) is 4.98 Å². The fourth-order valence-electron chi connectivity index (χ4n) is 1.06. The Bertz CT molecular complexity index is 307. The highest BCUT2D eigenvalue weighted by Gasteiger charge is 2.05. The molecule has 14 heavy (non-hydrogen) atoms. The summed E-state index contributed by atoms with van der Waals surface area (Å²) in [6, 6.07) is 1.71. The third kappa shape index (κ3) is 2.57. The average Bonchev–Trinajstić information content (AvgIpc) is 2.19. The van der Waals surface area contributed by atoms with Crippen molar-refractivity contribution >= 4 is 17.4 Å². The Balaban J connectivity index is 2.88. The van der Waals surface area contributed by atoms with Gasteiger partial charge in [-0.25, -0.2) is 4.98 Å². The number of aliphatic hydroxyl groups is 2. The molecule has 78 valence electrons. The van der Waals surface area contributed by atoms with Crippen LogP contribution in [0.3, 0.4) is 0 Å². The molecule has 0 aliphatic carbocycles. The van der Waals surface area contributed by atoms with E-state index in [-0.39, 0.29) is 13.2 Å². The lowest BCUT2D eigenvalue weighted by Crippen LogP contribution is -2.22. The van der Waals surface area contributed by atoms with Crippen LogP contribution in [0.25, 0.3) is 0 Å². The summed E-state index contributed by atoms with van der Waals surface area (Å²) in [7, 11) is 1.81. The van der Waals surface area contributed by atoms with Crippen LogP contribution >= 0.6 is 11.6 Å². The van der Waals surface area contributed by atoms with Crippen LogP contribution in [0.1, 0.15) is 5.56 Å². The molecule has 1 rings (SSSR count). The van der Waals surface area contributed by atoms with Gasteiger partial charge in [0.2, 0.25) is 0 Å². The van der Waals surface area contributed by atoms with E-state index < -0.39 is 0 Å². The predicted molar refractivity (Wildman–Crippen MR) is 55.5 cm³/mol. The number of anilines is 1. The second kappa shape index (κ2) is 5.14. The van der Waals surface area contributed by atoms with Crippen LogP contribution in [0.4, 0.5) is 5.82 Å². The summed E-state index contributed by atoms with van der Waals surface area (Å²) in [5.41, 5.74) is 0.640. The summed E-state index contributed by atoms with van der Waals surface area (Å²) in [5, 5.41) is 18.2. The molecule has 1 aromatic heterocycles. The van der Waals surface area contributed by atoms with Crippen molar-refractivity contribution in [3.63, 3.8) is 0 Å². The second-order valence-electron chi connectivity index (χ2n) is 2.94. The van der Waals surface area contributed by atoms with Crippen LogP contribution in [-0.4, -0.2) is 35.4 Å². The Kier molecular flexibility index (Phi) is 4.13. The molecule has 0 spiro atoms. The highest BCUT2D eigenvalue weighted by molar-refractivity contribution is 6.31. The quantitative estimate of drug-likeness (QED) is 0.776. The number of hydrogen-bond acceptors (Lipinski definition) is 4. The van der Waals surface area contributed by atoms with E-state index in [4.69, 9.17) is 21.8 Å². The molecular formula is C9H13ClN2O2. The first-order valence-electron chi connectivity index (χ1n) is 4.26. The Morgan fingerprint density at radius 1 is 1.50 bits per heavy atom. The van der Waals surface area contributed by atoms with E-state index in [0.29, 0.717) is 22.9 Å². The molecule has 0 bridgehead atoms. The zero-order chi connectivity index (χ0) is 10.6. The van der Waals surface area contributed by atoms with Crippen LogP contribution < -0.4 is 4.90 Å². The Hall–Kier alpha value is -0.840. The van der Waals surface area contributed by atoms with Gasteiger partial charge < -0.3 is 15.1 Å². The van der Waals surface area contributed by atoms with E-state index in [1.807, 2.05) is 7.05 Å². The van der Waals surface area contributed by atoms with Crippen molar-refractivity contribution in [2.75, 3.05) is 25.1 Å². The maximum Gasteiger partial charge on any atom is 0.128 e. The fraction of sp³-hybridized carbons (Fsp3) is 0.444. The number of hydrogen-bond donors (Lipinski definition) is 2. The van der Waals surface area contributed by atoms with Crippen molar-refractivity contribution in [2.45, 2.75) is 6.61 Å². The number of halogens is 1. The molecule has 0 unspecified atom stereocenters. The van der Waals surface area contributed by atoms with Gasteiger partial charge in [0.25, 0.3) is 0 Å². The molecule has 0 radical (unpaired) electrons. The number of aromatic nitrogens is 1. The van der Waals surface area contributed by atoms with Crippen molar-refractivity contribution < 1.29 is 10.2 Å². The maximum atomic E-state index is 8.97. The summed E-state index contributed by atoms with van der Waals surface area (Å²) < 4.78 is 0. The first-order valence-corrected chi connectivity index (χ1v) is 4.64. The minimum Gasteiger partial charge on any atom is -0.395 e. The zero-order valence-electron chi connectivity index (χ0n) is 7.94. The summed E-state index contributed by atoms with van der Waals surface area (Å²) in [6.07, 6.45) is 1.50. The molecule has 0 saturated carbocycles. The van der Waals surface area contributed by atoms with Gasteiger partial charge in [0.05, 0.1) is 18.2 Å². The van der Waals surface area contributed by atoms with E-state index in [1.165, 1.54) is 6.20 Å². The molecule has 0 amide bonds. The second-order valence-corrected chi connectivity index (χ2v) is 3.34. The van der Waals surface area contributed by atoms with E-state index in [1.54, 1.807) is 11.0 Å². The zero-order valence-corrected chi connectivity index (χ0v) is 8.70. The van der Waals surface area contributed by atoms with Crippen LogP contribution in [0.15, 0.2) is 12.3 Å². The molecule has 1 heterocycles. The number of rotatable bonds is 4. The molecule has 0 saturated heterocycles. The van der Waals surface area contributed by atoms with Gasteiger partial charge >= 0.3 is 0 Å². The summed E-state index contributed by atoms with van der Waals surface area (Å²) >= 11 is 5.79. The maximum absolute atomic E-state index is 8.97. The van der Waals surface area contributed by atoms with Gasteiger partial charge in [-0.15, -0.1) is 0 Å². The Morgan fingerprint density at radius 3 is 2.79 bits per heavy atom. The van der Waals surface area contributed by atoms with Gasteiger partial charge in [0.1, 0.15) is 5.82 Å². The van der Waals surface area contributed by atoms with E-state index >= 15 is 0 Å². The molecule has 5 heteroatoms. The van der Waals surface area contributed by atoms with Crippen LogP contribution in [0, 0.1) is 0 Å². The van der Waals surface area contributed by atoms with Crippen LogP contribution in [-0.2, 0) is 6.61 Å². The van der Waals surface area contributed by atoms with Crippen LogP contribution in [0.2, 0.25) is 5.02 Å². The largest absolute Gasteiger partial charge is 0.395 e. The first-order chi connectivity index (χ1) is 6.69. The predicted octanol–water partition coefficient (Wildman–Crippen LogP) is 0.656. The van der Waals surface area contributed by atoms with Crippen molar-refractivity contribution in [2.24, 2.45) is 0 Å². The standard InChI is InChI=1S/C9H13ClN2O2/c1-12(2-3-13)9-4-7(6-14)8(10)5-11-9/h4-5,13-14H,2-3,6H2,1H3. The van der Waals surface area contributed by atoms with Gasteiger partial charge in [-0.2, -0.15) is 0 Å². The van der Waals surface area contributed by atoms with E-state index in [9.17, 15) is 0 Å². The minimum absolute atomic E-state index is 0.0647. The molecule has 0 fully saturated rings. The highest BCUT2D eigenvalue weighted by Crippen LogP contribution is 2.19. The highest BCUT2D eigenvalue weighted by atomic mass is 35.5. The normalized spacial score (nSPS) is 10.3. The van der Waals surface area contributed by atoms with Gasteiger partial charge in [-0.3, -0.25) is 0 Å². The number of pyridine rings is 1. The first kappa shape index (κ1) is 11.2. The summed E-state index contributed by atoms with van der Waals surface area (Å²) in [5.74, 6) is 0.688. The molecular weight excluding hydrogens is 204 g/mol. The smallest absolute Gasteiger partial charge is 0.128 e. The number of likely N-dealkylation sites (N-methyl/N-ethyl adjacent to an activating group) is 1.